The number of carbonyl (C=O) groups is 6. The number of rotatable bonds is 35. The van der Waals surface area contributed by atoms with Crippen LogP contribution in [0.15, 0.2) is 203 Å². The molecule has 4 aliphatic rings. The lowest BCUT2D eigenvalue weighted by molar-refractivity contribution is -0.147. The summed E-state index contributed by atoms with van der Waals surface area (Å²) >= 11 is 4.90. The Morgan fingerprint density at radius 2 is 0.955 bits per heavy atom. The third kappa shape index (κ3) is 19.9. The minimum atomic E-state index is -0.473. The number of oxime groups is 2. The molecule has 0 aliphatic heterocycles. The number of ether oxygens (including phenoxy) is 1. The molecule has 0 saturated heterocycles. The van der Waals surface area contributed by atoms with Gasteiger partial charge in [-0.25, -0.2) is 9.59 Å². The molecule has 0 spiro atoms. The fourth-order valence-electron chi connectivity index (χ4n) is 11.0. The Kier molecular flexibility index (Phi) is 23.4. The first-order chi connectivity index (χ1) is 43.3. The van der Waals surface area contributed by atoms with E-state index < -0.39 is 5.97 Å². The molecular formula is C75H80N2O9S3. The predicted octanol–water partition coefficient (Wildman–Crippen LogP) is 19.1. The van der Waals surface area contributed by atoms with Gasteiger partial charge in [0, 0.05) is 58.1 Å². The normalized spacial score (nSPS) is 18.1. The lowest BCUT2D eigenvalue weighted by Gasteiger charge is -2.09. The van der Waals surface area contributed by atoms with Gasteiger partial charge in [-0.05, 0) is 240 Å². The van der Waals surface area contributed by atoms with Gasteiger partial charge in [0.15, 0.2) is 5.78 Å². The Bertz CT molecular complexity index is 3500. The molecule has 6 aromatic carbocycles. The van der Waals surface area contributed by atoms with Crippen LogP contribution in [0, 0.1) is 29.6 Å². The Labute approximate surface area is 537 Å². The molecule has 4 atom stereocenters. The maximum atomic E-state index is 14.1. The minimum absolute atomic E-state index is 0.0790. The quantitative estimate of drug-likeness (QED) is 0.00543. The van der Waals surface area contributed by atoms with Crippen LogP contribution in [0.2, 0.25) is 0 Å². The summed E-state index contributed by atoms with van der Waals surface area (Å²) in [5.74, 6) is 0.190. The smallest absolute Gasteiger partial charge is 0.337 e. The van der Waals surface area contributed by atoms with Gasteiger partial charge in [-0.1, -0.05) is 135 Å². The first-order valence-electron chi connectivity index (χ1n) is 32.0. The summed E-state index contributed by atoms with van der Waals surface area (Å²) in [6.45, 7) is 5.64. The van der Waals surface area contributed by atoms with E-state index in [1.807, 2.05) is 103 Å². The molecule has 11 nitrogen and oxygen atoms in total. The van der Waals surface area contributed by atoms with Crippen LogP contribution in [0.1, 0.15) is 197 Å². The molecule has 0 aromatic heterocycles. The molecule has 0 amide bonds. The van der Waals surface area contributed by atoms with Crippen molar-refractivity contribution < 1.29 is 43.2 Å². The Morgan fingerprint density at radius 3 is 1.45 bits per heavy atom. The number of allylic oxidation sites excluding steroid dienone is 1. The first kappa shape index (κ1) is 64.8. The fraction of sp³-hybridized carbons (Fsp3) is 0.387. The third-order valence-corrected chi connectivity index (χ3v) is 20.0. The predicted molar refractivity (Wildman–Crippen MR) is 353 cm³/mol. The van der Waals surface area contributed by atoms with E-state index in [0.29, 0.717) is 83.2 Å². The second kappa shape index (κ2) is 32.1. The Hall–Kier alpha value is -7.13. The monoisotopic (exact) mass is 1250 g/mol. The van der Waals surface area contributed by atoms with Gasteiger partial charge < -0.3 is 14.4 Å². The van der Waals surface area contributed by atoms with Gasteiger partial charge in [-0.15, -0.1) is 0 Å². The molecule has 6 aromatic rings. The fourth-order valence-corrected chi connectivity index (χ4v) is 13.5. The SMILES string of the molecule is CCCCCCCC(=O)O/N=C(\CC1CC1)C(=O)c1ccc(Sc2ccc(C3CC3CCC/C(=C\OC(=O)C3CC3)C(=O)c3ccc(Sc4ccc(C5CC5CCC/C(=N\OC(=O)C(C)C)C(=O)c5ccc(Sc6ccccc6)cc5)cc4)cc3)cc2)cc1. The van der Waals surface area contributed by atoms with Gasteiger partial charge in [0.1, 0.15) is 17.7 Å². The van der Waals surface area contributed by atoms with E-state index in [1.54, 1.807) is 49.1 Å². The lowest BCUT2D eigenvalue weighted by atomic mass is 9.98. The molecule has 4 aliphatic carbocycles. The van der Waals surface area contributed by atoms with Crippen molar-refractivity contribution in [1.29, 1.82) is 0 Å². The van der Waals surface area contributed by atoms with E-state index >= 15 is 0 Å². The molecule has 10 rings (SSSR count). The number of benzene rings is 6. The highest BCUT2D eigenvalue weighted by atomic mass is 32.2. The van der Waals surface area contributed by atoms with Gasteiger partial charge >= 0.3 is 17.9 Å². The minimum Gasteiger partial charge on any atom is -0.434 e. The van der Waals surface area contributed by atoms with Crippen molar-refractivity contribution in [3.05, 3.63) is 191 Å². The largest absolute Gasteiger partial charge is 0.434 e. The lowest BCUT2D eigenvalue weighted by Crippen LogP contribution is -2.17. The van der Waals surface area contributed by atoms with E-state index in [2.05, 4.69) is 65.8 Å². The Morgan fingerprint density at radius 1 is 0.494 bits per heavy atom. The van der Waals surface area contributed by atoms with Gasteiger partial charge in [0.05, 0.1) is 11.8 Å². The van der Waals surface area contributed by atoms with E-state index in [0.717, 1.165) is 126 Å². The van der Waals surface area contributed by atoms with Crippen molar-refractivity contribution in [3.8, 4) is 0 Å². The van der Waals surface area contributed by atoms with Crippen molar-refractivity contribution >= 4 is 82.0 Å². The van der Waals surface area contributed by atoms with Crippen molar-refractivity contribution in [1.82, 2.24) is 0 Å². The van der Waals surface area contributed by atoms with Crippen molar-refractivity contribution in [3.63, 3.8) is 0 Å². The average molecular weight is 1250 g/mol. The second-order valence-corrected chi connectivity index (χ2v) is 28.0. The average Bonchev–Trinajstić information content (AvgIpc) is 2.98. The standard InChI is InChI=1S/C75H80N2O9S3/c1-4-5-6-7-11-20-70(78)85-77-69(45-50-21-22-50)73(81)55-33-43-65(44-34-55)89-62-35-25-51(26-36-62)66-46-57(66)14-12-16-59(48-84-75(83)56-23-24-56)71(79)53-29-39-64(40-30-53)88-61-37-27-52(28-38-61)67-47-58(67)15-13-19-68(76-86-74(82)49(2)3)72(80)54-31-41-63(42-32-54)87-60-17-9-8-10-18-60/h8-10,17-18,25-44,48-50,56-58,66-67H,4-7,11-16,19-24,45-47H2,1-3H3/b59-48+,76-68+,77-69+. The molecule has 4 unspecified atom stereocenters. The highest BCUT2D eigenvalue weighted by Gasteiger charge is 2.39. The molecule has 14 heteroatoms. The van der Waals surface area contributed by atoms with Gasteiger partial charge in [0.2, 0.25) is 11.6 Å². The Balaban J connectivity index is 0.662. The molecule has 4 fully saturated rings. The molecule has 462 valence electrons. The van der Waals surface area contributed by atoms with E-state index in [4.69, 9.17) is 14.4 Å². The zero-order chi connectivity index (χ0) is 62.1. The van der Waals surface area contributed by atoms with Crippen molar-refractivity contribution in [2.45, 2.75) is 184 Å². The van der Waals surface area contributed by atoms with Crippen LogP contribution in [0.25, 0.3) is 0 Å². The maximum absolute atomic E-state index is 14.1. The molecule has 4 saturated carbocycles. The van der Waals surface area contributed by atoms with Crippen molar-refractivity contribution in [2.75, 3.05) is 0 Å². The van der Waals surface area contributed by atoms with Crippen LogP contribution in [0.3, 0.4) is 0 Å². The zero-order valence-electron chi connectivity index (χ0n) is 51.3. The number of esters is 1. The van der Waals surface area contributed by atoms with Crippen molar-refractivity contribution in [2.24, 2.45) is 39.9 Å². The molecular weight excluding hydrogens is 1170 g/mol. The number of nitrogens with zero attached hydrogens (tertiary/aromatic N) is 2. The molecule has 0 radical (unpaired) electrons. The van der Waals surface area contributed by atoms with E-state index in [1.165, 1.54) is 17.4 Å². The molecule has 0 bridgehead atoms. The number of hydrogen-bond donors (Lipinski definition) is 0. The van der Waals surface area contributed by atoms with Gasteiger partial charge in [0.25, 0.3) is 0 Å². The summed E-state index contributed by atoms with van der Waals surface area (Å²) < 4.78 is 5.60. The topological polar surface area (TPSA) is 155 Å². The second-order valence-electron chi connectivity index (χ2n) is 24.6. The zero-order valence-corrected chi connectivity index (χ0v) is 53.7. The summed E-state index contributed by atoms with van der Waals surface area (Å²) in [5, 5.41) is 8.20. The number of Topliss-reactive ketones (excluding diaryl/α,β-unsaturated/α-hetero) is 3. The van der Waals surface area contributed by atoms with E-state index in [-0.39, 0.29) is 46.8 Å². The highest BCUT2D eigenvalue weighted by Crippen LogP contribution is 2.52. The third-order valence-electron chi connectivity index (χ3n) is 17.0. The highest BCUT2D eigenvalue weighted by molar-refractivity contribution is 7.99. The number of ketones is 3. The molecule has 89 heavy (non-hydrogen) atoms. The van der Waals surface area contributed by atoms with Crippen LogP contribution in [0.5, 0.6) is 0 Å². The summed E-state index contributed by atoms with van der Waals surface area (Å²) in [7, 11) is 0. The first-order valence-corrected chi connectivity index (χ1v) is 34.5. The van der Waals surface area contributed by atoms with Crippen LogP contribution < -0.4 is 0 Å². The van der Waals surface area contributed by atoms with Gasteiger partial charge in [-0.2, -0.15) is 0 Å². The van der Waals surface area contributed by atoms with Crippen LogP contribution in [-0.4, -0.2) is 46.7 Å². The number of hydrogen-bond acceptors (Lipinski definition) is 14. The molecule has 0 heterocycles. The van der Waals surface area contributed by atoms with Crippen LogP contribution in [0.4, 0.5) is 0 Å². The summed E-state index contributed by atoms with van der Waals surface area (Å²) in [6, 6.07) is 50.2. The summed E-state index contributed by atoms with van der Waals surface area (Å²) in [4.78, 5) is 95.5. The van der Waals surface area contributed by atoms with Crippen LogP contribution in [-0.2, 0) is 28.8 Å². The number of carbonyl (C=O) groups excluding carboxylic acids is 6. The van der Waals surface area contributed by atoms with E-state index in [9.17, 15) is 28.8 Å². The molecule has 0 N–H and O–H groups in total. The number of unbranched alkanes of at least 4 members (excludes halogenated alkanes) is 4. The summed E-state index contributed by atoms with van der Waals surface area (Å²) in [6.07, 6.45) is 17.7. The summed E-state index contributed by atoms with van der Waals surface area (Å²) in [5.41, 5.74) is 5.26. The van der Waals surface area contributed by atoms with Crippen LogP contribution >= 0.6 is 35.3 Å². The maximum Gasteiger partial charge on any atom is 0.337 e. The van der Waals surface area contributed by atoms with Gasteiger partial charge in [-0.3, -0.25) is 19.2 Å².